The molecule has 0 aromatic heterocycles. The molecule has 0 saturated carbocycles. The van der Waals surface area contributed by atoms with Crippen LogP contribution in [0.5, 0.6) is 11.5 Å². The molecule has 0 radical (unpaired) electrons. The molecule has 0 fully saturated rings. The molecule has 0 bridgehead atoms. The van der Waals surface area contributed by atoms with E-state index in [2.05, 4.69) is 5.32 Å². The Hall–Kier alpha value is -2.44. The summed E-state index contributed by atoms with van der Waals surface area (Å²) in [5, 5.41) is 3.70. The van der Waals surface area contributed by atoms with Crippen LogP contribution in [0.4, 0.5) is 0 Å². The number of carbonyl (C=O) groups is 2. The maximum Gasteiger partial charge on any atom is 0.257 e. The van der Waals surface area contributed by atoms with Crippen molar-refractivity contribution in [3.05, 3.63) is 58.1 Å². The maximum atomic E-state index is 11.7. The molecule has 2 rings (SSSR count). The fraction of sp³-hybridized carbons (Fsp3) is 0.222. The van der Waals surface area contributed by atoms with Crippen molar-refractivity contribution in [3.63, 3.8) is 0 Å². The number of nitrogens with two attached hydrogens (primary N) is 1. The van der Waals surface area contributed by atoms with Gasteiger partial charge in [0.2, 0.25) is 5.91 Å². The van der Waals surface area contributed by atoms with Gasteiger partial charge in [-0.15, -0.1) is 0 Å². The lowest BCUT2D eigenvalue weighted by Gasteiger charge is -2.10. The summed E-state index contributed by atoms with van der Waals surface area (Å²) in [7, 11) is 0. The van der Waals surface area contributed by atoms with Gasteiger partial charge in [0.15, 0.2) is 6.61 Å². The minimum atomic E-state index is -0.517. The highest BCUT2D eigenvalue weighted by Gasteiger charge is 2.05. The van der Waals surface area contributed by atoms with Crippen LogP contribution in [0.3, 0.4) is 0 Å². The molecular weight excluding hydrogens is 379 g/mol. The summed E-state index contributed by atoms with van der Waals surface area (Å²) in [5.41, 5.74) is 5.53. The second kappa shape index (κ2) is 9.89. The molecule has 0 aliphatic heterocycles. The summed E-state index contributed by atoms with van der Waals surface area (Å²) in [5.74, 6) is 0.251. The first-order valence-electron chi connectivity index (χ1n) is 7.83. The summed E-state index contributed by atoms with van der Waals surface area (Å²) < 4.78 is 10.9. The van der Waals surface area contributed by atoms with Gasteiger partial charge in [-0.2, -0.15) is 0 Å². The molecule has 0 saturated heterocycles. The molecule has 2 aromatic carbocycles. The molecule has 138 valence electrons. The van der Waals surface area contributed by atoms with Crippen molar-refractivity contribution in [1.29, 1.82) is 0 Å². The van der Waals surface area contributed by atoms with Crippen LogP contribution in [-0.4, -0.2) is 31.6 Å². The Balaban J connectivity index is 1.62. The number of rotatable bonds is 9. The summed E-state index contributed by atoms with van der Waals surface area (Å²) in [6.45, 7) is 0.713. The number of nitrogens with one attached hydrogen (secondary N) is 1. The van der Waals surface area contributed by atoms with Crippen LogP contribution >= 0.6 is 23.2 Å². The van der Waals surface area contributed by atoms with E-state index in [1.165, 1.54) is 12.1 Å². The lowest BCUT2D eigenvalue weighted by Crippen LogP contribution is -2.30. The van der Waals surface area contributed by atoms with Crippen molar-refractivity contribution in [2.24, 2.45) is 5.73 Å². The molecular formula is C18H18Cl2N2O4. The van der Waals surface area contributed by atoms with Gasteiger partial charge < -0.3 is 20.5 Å². The van der Waals surface area contributed by atoms with E-state index in [4.69, 9.17) is 38.4 Å². The quantitative estimate of drug-likeness (QED) is 0.637. The van der Waals surface area contributed by atoms with Crippen molar-refractivity contribution < 1.29 is 19.1 Å². The second-order valence-corrected chi connectivity index (χ2v) is 6.15. The Bertz CT molecular complexity index is 766. The summed E-state index contributed by atoms with van der Waals surface area (Å²) in [4.78, 5) is 22.7. The van der Waals surface area contributed by atoms with E-state index >= 15 is 0 Å². The van der Waals surface area contributed by atoms with Crippen molar-refractivity contribution in [1.82, 2.24) is 5.32 Å². The average Bonchev–Trinajstić information content (AvgIpc) is 2.61. The zero-order chi connectivity index (χ0) is 18.9. The highest BCUT2D eigenvalue weighted by Crippen LogP contribution is 2.27. The van der Waals surface area contributed by atoms with Crippen LogP contribution in [0.1, 0.15) is 16.8 Å². The number of ether oxygens (including phenoxy) is 2. The van der Waals surface area contributed by atoms with Gasteiger partial charge in [-0.25, -0.2) is 0 Å². The van der Waals surface area contributed by atoms with Crippen LogP contribution in [0, 0.1) is 0 Å². The standard InChI is InChI=1S/C18H18Cl2N2O4/c19-13-4-7-16(15(20)10-13)25-9-1-8-22-17(23)11-26-14-5-2-12(3-6-14)18(21)24/h2-7,10H,1,8-9,11H2,(H2,21,24)(H,22,23). The first-order chi connectivity index (χ1) is 12.5. The van der Waals surface area contributed by atoms with Crippen LogP contribution in [0.25, 0.3) is 0 Å². The maximum absolute atomic E-state index is 11.7. The predicted octanol–water partition coefficient (Wildman–Crippen LogP) is 3.06. The normalized spacial score (nSPS) is 10.2. The Kier molecular flexibility index (Phi) is 7.56. The molecule has 2 amide bonds. The SMILES string of the molecule is NC(=O)c1ccc(OCC(=O)NCCCOc2ccc(Cl)cc2Cl)cc1. The summed E-state index contributed by atoms with van der Waals surface area (Å²) in [6, 6.07) is 11.2. The van der Waals surface area contributed by atoms with Crippen LogP contribution in [-0.2, 0) is 4.79 Å². The van der Waals surface area contributed by atoms with Crippen LogP contribution < -0.4 is 20.5 Å². The number of amides is 2. The van der Waals surface area contributed by atoms with Crippen LogP contribution in [0.2, 0.25) is 10.0 Å². The molecule has 0 spiro atoms. The number of hydrogen-bond acceptors (Lipinski definition) is 4. The van der Waals surface area contributed by atoms with Gasteiger partial charge in [-0.05, 0) is 48.9 Å². The number of hydrogen-bond donors (Lipinski definition) is 2. The van der Waals surface area contributed by atoms with E-state index < -0.39 is 5.91 Å². The Morgan fingerprint density at radius 2 is 1.77 bits per heavy atom. The minimum Gasteiger partial charge on any atom is -0.492 e. The molecule has 0 heterocycles. The van der Waals surface area contributed by atoms with Gasteiger partial charge in [0.05, 0.1) is 11.6 Å². The lowest BCUT2D eigenvalue weighted by molar-refractivity contribution is -0.123. The largest absolute Gasteiger partial charge is 0.492 e. The summed E-state index contributed by atoms with van der Waals surface area (Å²) >= 11 is 11.8. The van der Waals surface area contributed by atoms with E-state index in [0.29, 0.717) is 46.7 Å². The molecule has 8 heteroatoms. The first kappa shape index (κ1) is 19.9. The Morgan fingerprint density at radius 3 is 2.42 bits per heavy atom. The van der Waals surface area contributed by atoms with E-state index in [1.807, 2.05) is 0 Å². The molecule has 0 aliphatic rings. The second-order valence-electron chi connectivity index (χ2n) is 5.30. The molecule has 0 unspecified atom stereocenters. The van der Waals surface area contributed by atoms with Gasteiger partial charge in [0.25, 0.3) is 5.91 Å². The van der Waals surface area contributed by atoms with E-state index in [1.54, 1.807) is 30.3 Å². The van der Waals surface area contributed by atoms with Gasteiger partial charge >= 0.3 is 0 Å². The highest BCUT2D eigenvalue weighted by molar-refractivity contribution is 6.35. The van der Waals surface area contributed by atoms with Gasteiger partial charge in [0.1, 0.15) is 11.5 Å². The molecule has 3 N–H and O–H groups in total. The van der Waals surface area contributed by atoms with Crippen molar-refractivity contribution in [2.75, 3.05) is 19.8 Å². The van der Waals surface area contributed by atoms with Crippen molar-refractivity contribution in [2.45, 2.75) is 6.42 Å². The third-order valence-corrected chi connectivity index (χ3v) is 3.83. The minimum absolute atomic E-state index is 0.125. The monoisotopic (exact) mass is 396 g/mol. The highest BCUT2D eigenvalue weighted by atomic mass is 35.5. The molecule has 2 aromatic rings. The fourth-order valence-corrected chi connectivity index (χ4v) is 2.45. The van der Waals surface area contributed by atoms with Crippen LogP contribution in [0.15, 0.2) is 42.5 Å². The molecule has 6 nitrogen and oxygen atoms in total. The number of halogens is 2. The third kappa shape index (κ3) is 6.46. The third-order valence-electron chi connectivity index (χ3n) is 3.30. The smallest absolute Gasteiger partial charge is 0.257 e. The fourth-order valence-electron chi connectivity index (χ4n) is 1.99. The predicted molar refractivity (Wildman–Crippen MR) is 100 cm³/mol. The van der Waals surface area contributed by atoms with Gasteiger partial charge in [0, 0.05) is 17.1 Å². The van der Waals surface area contributed by atoms with Crippen molar-refractivity contribution in [3.8, 4) is 11.5 Å². The Labute approximate surface area is 161 Å². The number of benzene rings is 2. The topological polar surface area (TPSA) is 90.7 Å². The van der Waals surface area contributed by atoms with E-state index in [-0.39, 0.29) is 12.5 Å². The zero-order valence-corrected chi connectivity index (χ0v) is 15.3. The molecule has 0 atom stereocenters. The van der Waals surface area contributed by atoms with E-state index in [0.717, 1.165) is 0 Å². The van der Waals surface area contributed by atoms with Gasteiger partial charge in [-0.3, -0.25) is 9.59 Å². The number of carbonyl (C=O) groups excluding carboxylic acids is 2. The Morgan fingerprint density at radius 1 is 1.04 bits per heavy atom. The summed E-state index contributed by atoms with van der Waals surface area (Å²) in [6.07, 6.45) is 0.609. The van der Waals surface area contributed by atoms with E-state index in [9.17, 15) is 9.59 Å². The average molecular weight is 397 g/mol. The molecule has 26 heavy (non-hydrogen) atoms. The first-order valence-corrected chi connectivity index (χ1v) is 8.58. The van der Waals surface area contributed by atoms with Crippen molar-refractivity contribution >= 4 is 35.0 Å². The van der Waals surface area contributed by atoms with Gasteiger partial charge in [-0.1, -0.05) is 23.2 Å². The lowest BCUT2D eigenvalue weighted by atomic mass is 10.2. The molecule has 0 aliphatic carbocycles. The zero-order valence-electron chi connectivity index (χ0n) is 13.8. The number of primary amides is 1.